The van der Waals surface area contributed by atoms with Gasteiger partial charge in [-0.15, -0.1) is 0 Å². The van der Waals surface area contributed by atoms with Crippen LogP contribution in [-0.4, -0.2) is 43.4 Å². The van der Waals surface area contributed by atoms with Gasteiger partial charge in [0, 0.05) is 41.4 Å². The topological polar surface area (TPSA) is 23.6 Å². The van der Waals surface area contributed by atoms with Crippen molar-refractivity contribution in [2.24, 2.45) is 0 Å². The van der Waals surface area contributed by atoms with Gasteiger partial charge < -0.3 is 4.90 Å². The third-order valence-electron chi connectivity index (χ3n) is 3.93. The van der Waals surface area contributed by atoms with Crippen LogP contribution in [0.4, 0.5) is 5.69 Å². The Morgan fingerprint density at radius 1 is 1.42 bits per heavy atom. The first kappa shape index (κ1) is 14.5. The van der Waals surface area contributed by atoms with Gasteiger partial charge in [-0.3, -0.25) is 9.69 Å². The molecule has 0 spiro atoms. The number of nitrogens with zero attached hydrogens (tertiary/aromatic N) is 2. The summed E-state index contributed by atoms with van der Waals surface area (Å²) in [6.07, 6.45) is 1.14. The van der Waals surface area contributed by atoms with Crippen LogP contribution in [0.1, 0.15) is 30.6 Å². The maximum Gasteiger partial charge on any atom is 0.161 e. The molecule has 0 N–H and O–H groups in total. The van der Waals surface area contributed by atoms with Crippen molar-refractivity contribution in [1.29, 1.82) is 0 Å². The van der Waals surface area contributed by atoms with Crippen molar-refractivity contribution in [3.8, 4) is 0 Å². The lowest BCUT2D eigenvalue weighted by Gasteiger charge is -2.41. The summed E-state index contributed by atoms with van der Waals surface area (Å²) < 4.78 is 1.03. The normalized spacial score (nSPS) is 20.6. The number of hydrogen-bond acceptors (Lipinski definition) is 3. The van der Waals surface area contributed by atoms with Gasteiger partial charge in [0.1, 0.15) is 0 Å². The summed E-state index contributed by atoms with van der Waals surface area (Å²) in [5.74, 6) is 0.134. The van der Waals surface area contributed by atoms with Gasteiger partial charge in [0.25, 0.3) is 0 Å². The SMILES string of the molecule is CCC1CN(c2cc(Br)ccc2C(C)=O)CCN1C. The highest BCUT2D eigenvalue weighted by molar-refractivity contribution is 9.10. The van der Waals surface area contributed by atoms with E-state index in [4.69, 9.17) is 0 Å². The molecule has 19 heavy (non-hydrogen) atoms. The van der Waals surface area contributed by atoms with E-state index in [-0.39, 0.29) is 5.78 Å². The van der Waals surface area contributed by atoms with Gasteiger partial charge in [0.2, 0.25) is 0 Å². The second kappa shape index (κ2) is 6.06. The molecule has 1 saturated heterocycles. The summed E-state index contributed by atoms with van der Waals surface area (Å²) in [4.78, 5) is 16.5. The van der Waals surface area contributed by atoms with Gasteiger partial charge in [-0.1, -0.05) is 22.9 Å². The Balaban J connectivity index is 2.31. The summed E-state index contributed by atoms with van der Waals surface area (Å²) in [5, 5.41) is 0. The minimum absolute atomic E-state index is 0.134. The van der Waals surface area contributed by atoms with Crippen molar-refractivity contribution in [3.63, 3.8) is 0 Å². The molecule has 1 aromatic rings. The van der Waals surface area contributed by atoms with Gasteiger partial charge in [-0.25, -0.2) is 0 Å². The Hall–Kier alpha value is -0.870. The largest absolute Gasteiger partial charge is 0.368 e. The molecule has 1 aliphatic heterocycles. The predicted octanol–water partition coefficient (Wildman–Crippen LogP) is 3.18. The molecule has 3 nitrogen and oxygen atoms in total. The molecule has 104 valence electrons. The van der Waals surface area contributed by atoms with E-state index in [0.29, 0.717) is 6.04 Å². The highest BCUT2D eigenvalue weighted by atomic mass is 79.9. The fourth-order valence-corrected chi connectivity index (χ4v) is 3.02. The number of benzene rings is 1. The molecule has 0 bridgehead atoms. The first-order valence-electron chi connectivity index (χ1n) is 6.78. The lowest BCUT2D eigenvalue weighted by molar-refractivity contribution is 0.101. The van der Waals surface area contributed by atoms with E-state index in [9.17, 15) is 4.79 Å². The standard InChI is InChI=1S/C15H21BrN2O/c1-4-13-10-18(8-7-17(13)3)15-9-12(16)5-6-14(15)11(2)19/h5-6,9,13H,4,7-8,10H2,1-3H3. The molecule has 1 heterocycles. The van der Waals surface area contributed by atoms with E-state index in [0.717, 1.165) is 41.8 Å². The number of likely N-dealkylation sites (N-methyl/N-ethyl adjacent to an activating group) is 1. The molecular formula is C15H21BrN2O. The lowest BCUT2D eigenvalue weighted by Crippen LogP contribution is -2.51. The molecule has 4 heteroatoms. The summed E-state index contributed by atoms with van der Waals surface area (Å²) in [6, 6.07) is 6.48. The average molecular weight is 325 g/mol. The molecule has 0 amide bonds. The molecular weight excluding hydrogens is 304 g/mol. The van der Waals surface area contributed by atoms with E-state index >= 15 is 0 Å². The number of hydrogen-bond donors (Lipinski definition) is 0. The van der Waals surface area contributed by atoms with E-state index in [1.54, 1.807) is 6.92 Å². The zero-order valence-electron chi connectivity index (χ0n) is 11.8. The molecule has 1 unspecified atom stereocenters. The Labute approximate surface area is 123 Å². The van der Waals surface area contributed by atoms with Gasteiger partial charge in [-0.05, 0) is 38.6 Å². The monoisotopic (exact) mass is 324 g/mol. The molecule has 2 rings (SSSR count). The van der Waals surface area contributed by atoms with Crippen molar-refractivity contribution in [2.45, 2.75) is 26.3 Å². The number of anilines is 1. The Bertz CT molecular complexity index is 475. The molecule has 0 saturated carbocycles. The maximum absolute atomic E-state index is 11.8. The third kappa shape index (κ3) is 3.18. The number of rotatable bonds is 3. The molecule has 1 fully saturated rings. The lowest BCUT2D eigenvalue weighted by atomic mass is 10.1. The molecule has 0 aromatic heterocycles. The number of carbonyl (C=O) groups is 1. The first-order valence-corrected chi connectivity index (χ1v) is 7.58. The van der Waals surface area contributed by atoms with Crippen LogP contribution >= 0.6 is 15.9 Å². The second-order valence-electron chi connectivity index (χ2n) is 5.21. The predicted molar refractivity (Wildman–Crippen MR) is 83.1 cm³/mol. The quantitative estimate of drug-likeness (QED) is 0.798. The van der Waals surface area contributed by atoms with Crippen molar-refractivity contribution in [3.05, 3.63) is 28.2 Å². The zero-order valence-corrected chi connectivity index (χ0v) is 13.4. The Kier molecular flexibility index (Phi) is 4.63. The Morgan fingerprint density at radius 3 is 2.79 bits per heavy atom. The Morgan fingerprint density at radius 2 is 2.16 bits per heavy atom. The summed E-state index contributed by atoms with van der Waals surface area (Å²) in [7, 11) is 2.18. The molecule has 1 atom stereocenters. The number of piperazine rings is 1. The van der Waals surface area contributed by atoms with Gasteiger partial charge in [-0.2, -0.15) is 0 Å². The van der Waals surface area contributed by atoms with E-state index in [1.807, 2.05) is 12.1 Å². The maximum atomic E-state index is 11.8. The molecule has 1 aromatic carbocycles. The summed E-state index contributed by atoms with van der Waals surface area (Å²) in [5.41, 5.74) is 1.89. The summed E-state index contributed by atoms with van der Waals surface area (Å²) >= 11 is 3.51. The second-order valence-corrected chi connectivity index (χ2v) is 6.12. The minimum atomic E-state index is 0.134. The first-order chi connectivity index (χ1) is 9.02. The molecule has 1 aliphatic rings. The van der Waals surface area contributed by atoms with Crippen LogP contribution in [0.3, 0.4) is 0 Å². The van der Waals surface area contributed by atoms with E-state index < -0.39 is 0 Å². The van der Waals surface area contributed by atoms with Crippen LogP contribution in [0.25, 0.3) is 0 Å². The van der Waals surface area contributed by atoms with Crippen LogP contribution in [0.5, 0.6) is 0 Å². The van der Waals surface area contributed by atoms with Crippen molar-refractivity contribution >= 4 is 27.4 Å². The zero-order chi connectivity index (χ0) is 14.0. The van der Waals surface area contributed by atoms with Crippen LogP contribution in [-0.2, 0) is 0 Å². The number of Topliss-reactive ketones (excluding diaryl/α,β-unsaturated/α-hetero) is 1. The number of ketones is 1. The number of halogens is 1. The highest BCUT2D eigenvalue weighted by Gasteiger charge is 2.25. The van der Waals surface area contributed by atoms with Crippen LogP contribution in [0.15, 0.2) is 22.7 Å². The smallest absolute Gasteiger partial charge is 0.161 e. The third-order valence-corrected chi connectivity index (χ3v) is 4.42. The van der Waals surface area contributed by atoms with E-state index in [1.165, 1.54) is 0 Å². The van der Waals surface area contributed by atoms with Crippen LogP contribution < -0.4 is 4.90 Å². The van der Waals surface area contributed by atoms with Gasteiger partial charge >= 0.3 is 0 Å². The van der Waals surface area contributed by atoms with Gasteiger partial charge in [0.05, 0.1) is 0 Å². The van der Waals surface area contributed by atoms with Crippen molar-refractivity contribution in [2.75, 3.05) is 31.6 Å². The minimum Gasteiger partial charge on any atom is -0.368 e. The van der Waals surface area contributed by atoms with Crippen LogP contribution in [0.2, 0.25) is 0 Å². The molecule has 0 radical (unpaired) electrons. The fraction of sp³-hybridized carbons (Fsp3) is 0.533. The average Bonchev–Trinajstić information content (AvgIpc) is 2.38. The van der Waals surface area contributed by atoms with Gasteiger partial charge in [0.15, 0.2) is 5.78 Å². The van der Waals surface area contributed by atoms with Crippen molar-refractivity contribution < 1.29 is 4.79 Å². The van der Waals surface area contributed by atoms with Crippen LogP contribution in [0, 0.1) is 0 Å². The number of carbonyl (C=O) groups excluding carboxylic acids is 1. The fourth-order valence-electron chi connectivity index (χ4n) is 2.67. The van der Waals surface area contributed by atoms with E-state index in [2.05, 4.69) is 45.8 Å². The summed E-state index contributed by atoms with van der Waals surface area (Å²) in [6.45, 7) is 6.87. The highest BCUT2D eigenvalue weighted by Crippen LogP contribution is 2.28. The molecule has 0 aliphatic carbocycles. The van der Waals surface area contributed by atoms with Crippen molar-refractivity contribution in [1.82, 2.24) is 4.90 Å².